The molecule has 3 heteroatoms. The van der Waals surface area contributed by atoms with Crippen molar-refractivity contribution < 1.29 is 0 Å². The van der Waals surface area contributed by atoms with E-state index < -0.39 is 0 Å². The van der Waals surface area contributed by atoms with E-state index in [9.17, 15) is 0 Å². The minimum absolute atomic E-state index is 1.10. The maximum atomic E-state index is 2.41. The maximum absolute atomic E-state index is 2.41. The zero-order valence-corrected chi connectivity index (χ0v) is 37.8. The first kappa shape index (κ1) is 40.1. The molecule has 13 aromatic rings. The smallest absolute Gasteiger partial charge is 0.0541 e. The molecule has 2 aromatic heterocycles. The molecule has 0 aliphatic rings. The minimum atomic E-state index is 1.10. The van der Waals surface area contributed by atoms with Crippen molar-refractivity contribution in [1.82, 2.24) is 9.13 Å². The fourth-order valence-electron chi connectivity index (χ4n) is 10.5. The van der Waals surface area contributed by atoms with Gasteiger partial charge in [-0.3, -0.25) is 0 Å². The Hall–Kier alpha value is -9.18. The molecule has 69 heavy (non-hydrogen) atoms. The summed E-state index contributed by atoms with van der Waals surface area (Å²) in [6.07, 6.45) is 0. The Bertz CT molecular complexity index is 3620. The molecule has 2 heterocycles. The fourth-order valence-corrected chi connectivity index (χ4v) is 10.5. The summed E-state index contributed by atoms with van der Waals surface area (Å²) >= 11 is 0. The van der Waals surface area contributed by atoms with Crippen LogP contribution in [0.1, 0.15) is 0 Å². The summed E-state index contributed by atoms with van der Waals surface area (Å²) in [6.45, 7) is 0. The quantitative estimate of drug-likeness (QED) is 0.141. The second-order valence-electron chi connectivity index (χ2n) is 17.7. The Morgan fingerprint density at radius 3 is 0.826 bits per heavy atom. The maximum Gasteiger partial charge on any atom is 0.0541 e. The van der Waals surface area contributed by atoms with Gasteiger partial charge in [0.15, 0.2) is 0 Å². The lowest BCUT2D eigenvalue weighted by atomic mass is 9.98. The van der Waals surface area contributed by atoms with Crippen molar-refractivity contribution in [2.24, 2.45) is 0 Å². The van der Waals surface area contributed by atoms with Gasteiger partial charge in [0.05, 0.1) is 33.4 Å². The number of fused-ring (bicyclic) bond motifs is 6. The molecule has 324 valence electrons. The van der Waals surface area contributed by atoms with Crippen molar-refractivity contribution in [3.63, 3.8) is 0 Å². The number of hydrogen-bond donors (Lipinski definition) is 0. The van der Waals surface area contributed by atoms with Gasteiger partial charge >= 0.3 is 0 Å². The highest BCUT2D eigenvalue weighted by Gasteiger charge is 2.18. The number of anilines is 3. The number of aromatic nitrogens is 2. The molecule has 0 saturated carbocycles. The highest BCUT2D eigenvalue weighted by atomic mass is 15.1. The van der Waals surface area contributed by atoms with Crippen LogP contribution in [0.3, 0.4) is 0 Å². The van der Waals surface area contributed by atoms with Crippen LogP contribution in [0.2, 0.25) is 0 Å². The molecule has 0 N–H and O–H groups in total. The Labute approximate surface area is 401 Å². The molecular weight excluding hydrogens is 835 g/mol. The van der Waals surface area contributed by atoms with E-state index in [2.05, 4.69) is 287 Å². The zero-order chi connectivity index (χ0) is 45.7. The van der Waals surface area contributed by atoms with Crippen LogP contribution in [0, 0.1) is 0 Å². The number of rotatable bonds is 9. The van der Waals surface area contributed by atoms with Crippen molar-refractivity contribution in [3.05, 3.63) is 273 Å². The van der Waals surface area contributed by atoms with Crippen molar-refractivity contribution in [3.8, 4) is 55.9 Å². The van der Waals surface area contributed by atoms with Crippen molar-refractivity contribution in [1.29, 1.82) is 0 Å². The first-order chi connectivity index (χ1) is 34.2. The molecule has 3 nitrogen and oxygen atoms in total. The molecule has 0 amide bonds. The molecule has 0 atom stereocenters. The van der Waals surface area contributed by atoms with Crippen LogP contribution in [0.4, 0.5) is 17.1 Å². The van der Waals surface area contributed by atoms with E-state index in [1.54, 1.807) is 0 Å². The summed E-state index contributed by atoms with van der Waals surface area (Å²) in [5, 5.41) is 5.06. The van der Waals surface area contributed by atoms with Gasteiger partial charge in [0.2, 0.25) is 0 Å². The molecule has 0 saturated heterocycles. The van der Waals surface area contributed by atoms with Gasteiger partial charge in [0.1, 0.15) is 0 Å². The lowest BCUT2D eigenvalue weighted by molar-refractivity contribution is 1.18. The van der Waals surface area contributed by atoms with Gasteiger partial charge in [-0.2, -0.15) is 0 Å². The van der Waals surface area contributed by atoms with Gasteiger partial charge in [-0.05, 0) is 106 Å². The first-order valence-electron chi connectivity index (χ1n) is 23.7. The van der Waals surface area contributed by atoms with Gasteiger partial charge < -0.3 is 14.0 Å². The molecule has 11 aromatic carbocycles. The Morgan fingerprint density at radius 2 is 0.464 bits per heavy atom. The van der Waals surface area contributed by atoms with Crippen LogP contribution in [0.15, 0.2) is 273 Å². The lowest BCUT2D eigenvalue weighted by Crippen LogP contribution is -2.09. The monoisotopic (exact) mass is 879 g/mol. The number of hydrogen-bond acceptors (Lipinski definition) is 1. The third kappa shape index (κ3) is 6.99. The van der Waals surface area contributed by atoms with E-state index in [1.807, 2.05) is 0 Å². The van der Waals surface area contributed by atoms with Crippen molar-refractivity contribution in [2.75, 3.05) is 4.90 Å². The number of para-hydroxylation sites is 7. The average molecular weight is 880 g/mol. The Kier molecular flexibility index (Phi) is 9.84. The third-order valence-corrected chi connectivity index (χ3v) is 13.8. The minimum Gasteiger partial charge on any atom is -0.311 e. The molecule has 0 radical (unpaired) electrons. The molecular formula is C66H45N3. The Balaban J connectivity index is 0.777. The Morgan fingerprint density at radius 1 is 0.203 bits per heavy atom. The van der Waals surface area contributed by atoms with Crippen LogP contribution in [0.25, 0.3) is 99.5 Å². The van der Waals surface area contributed by atoms with E-state index in [-0.39, 0.29) is 0 Å². The fraction of sp³-hybridized carbons (Fsp3) is 0. The predicted molar refractivity (Wildman–Crippen MR) is 292 cm³/mol. The van der Waals surface area contributed by atoms with E-state index in [4.69, 9.17) is 0 Å². The van der Waals surface area contributed by atoms with Gasteiger partial charge in [-0.15, -0.1) is 0 Å². The highest BCUT2D eigenvalue weighted by molar-refractivity contribution is 6.11. The third-order valence-electron chi connectivity index (χ3n) is 13.8. The van der Waals surface area contributed by atoms with Gasteiger partial charge in [0.25, 0.3) is 0 Å². The van der Waals surface area contributed by atoms with Crippen LogP contribution in [-0.2, 0) is 0 Å². The molecule has 0 unspecified atom stereocenters. The molecule has 0 spiro atoms. The second-order valence-corrected chi connectivity index (χ2v) is 17.7. The lowest BCUT2D eigenvalue weighted by Gasteiger charge is -2.26. The van der Waals surface area contributed by atoms with E-state index in [0.717, 1.165) is 17.1 Å². The average Bonchev–Trinajstić information content (AvgIpc) is 3.95. The van der Waals surface area contributed by atoms with Crippen LogP contribution >= 0.6 is 0 Å². The molecule has 0 aliphatic carbocycles. The summed E-state index contributed by atoms with van der Waals surface area (Å²) in [7, 11) is 0. The molecule has 0 aliphatic heterocycles. The predicted octanol–water partition coefficient (Wildman–Crippen LogP) is 18.0. The summed E-state index contributed by atoms with van der Waals surface area (Å²) in [6, 6.07) is 98.8. The first-order valence-corrected chi connectivity index (χ1v) is 23.7. The number of benzene rings is 11. The molecule has 0 bridgehead atoms. The van der Waals surface area contributed by atoms with Crippen LogP contribution in [-0.4, -0.2) is 9.13 Å². The van der Waals surface area contributed by atoms with E-state index in [1.165, 1.54) is 99.5 Å². The molecule has 13 rings (SSSR count). The van der Waals surface area contributed by atoms with Gasteiger partial charge in [-0.1, -0.05) is 200 Å². The van der Waals surface area contributed by atoms with E-state index >= 15 is 0 Å². The summed E-state index contributed by atoms with van der Waals surface area (Å²) in [5.74, 6) is 0. The SMILES string of the molecule is c1ccc(N(c2ccc(-c3ccc(-c4ccccc4-n4c5ccccc5c5ccccc54)cc3)cc2)c2ccc(-c3ccc(-c4ccccc4-n4c5ccccc5c5ccccc54)cc3)cc2)cc1. The van der Waals surface area contributed by atoms with Gasteiger partial charge in [-0.25, -0.2) is 0 Å². The second kappa shape index (κ2) is 16.9. The normalized spacial score (nSPS) is 11.5. The highest BCUT2D eigenvalue weighted by Crippen LogP contribution is 2.41. The summed E-state index contributed by atoms with van der Waals surface area (Å²) < 4.78 is 4.82. The molecule has 0 fully saturated rings. The topological polar surface area (TPSA) is 13.1 Å². The summed E-state index contributed by atoms with van der Waals surface area (Å²) in [5.41, 5.74) is 20.0. The van der Waals surface area contributed by atoms with Crippen molar-refractivity contribution >= 4 is 60.7 Å². The summed E-state index contributed by atoms with van der Waals surface area (Å²) in [4.78, 5) is 2.33. The largest absolute Gasteiger partial charge is 0.311 e. The van der Waals surface area contributed by atoms with E-state index in [0.29, 0.717) is 0 Å². The van der Waals surface area contributed by atoms with Crippen LogP contribution < -0.4 is 4.90 Å². The standard InChI is InChI=1S/C66H45N3/c1-2-16-52(17-3-1)67(53-42-38-48(39-43-53)46-30-34-50(35-31-46)55-18-4-10-24-61(55)68-63-26-12-6-20-57(63)58-21-7-13-27-64(58)68)54-44-40-49(41-45-54)47-32-36-51(37-33-47)56-19-5-11-25-62(56)69-65-28-14-8-22-59(65)60-23-9-15-29-66(60)69/h1-45H. The van der Waals surface area contributed by atoms with Gasteiger partial charge in [0, 0.05) is 49.7 Å². The number of nitrogens with zero attached hydrogens (tertiary/aromatic N) is 3. The van der Waals surface area contributed by atoms with Crippen molar-refractivity contribution in [2.45, 2.75) is 0 Å². The van der Waals surface area contributed by atoms with Crippen LogP contribution in [0.5, 0.6) is 0 Å². The zero-order valence-electron chi connectivity index (χ0n) is 37.8.